The second-order valence-electron chi connectivity index (χ2n) is 7.12. The lowest BCUT2D eigenvalue weighted by atomic mass is 10.0. The van der Waals surface area contributed by atoms with E-state index in [2.05, 4.69) is 10.6 Å². The number of hydrogen-bond donors (Lipinski definition) is 2. The molecule has 2 heterocycles. The quantitative estimate of drug-likeness (QED) is 0.771. The zero-order chi connectivity index (χ0) is 21.2. The molecule has 1 aliphatic rings. The first-order valence-corrected chi connectivity index (χ1v) is 10.1. The van der Waals surface area contributed by atoms with Gasteiger partial charge in [-0.25, -0.2) is 0 Å². The van der Waals surface area contributed by atoms with Crippen molar-refractivity contribution < 1.29 is 23.5 Å². The third kappa shape index (κ3) is 6.45. The van der Waals surface area contributed by atoms with E-state index in [1.54, 1.807) is 11.0 Å². The maximum Gasteiger partial charge on any atom is 0.255 e. The van der Waals surface area contributed by atoms with Crippen molar-refractivity contribution in [2.24, 2.45) is 0 Å². The molecule has 8 heteroatoms. The van der Waals surface area contributed by atoms with Crippen LogP contribution in [0.25, 0.3) is 0 Å². The van der Waals surface area contributed by atoms with Gasteiger partial charge in [0.05, 0.1) is 18.4 Å². The van der Waals surface area contributed by atoms with Crippen molar-refractivity contribution in [1.29, 1.82) is 0 Å². The van der Waals surface area contributed by atoms with Gasteiger partial charge in [-0.1, -0.05) is 30.3 Å². The van der Waals surface area contributed by atoms with E-state index in [0.717, 1.165) is 5.56 Å². The molecular formula is C22H27N3O5. The average Bonchev–Trinajstić information content (AvgIpc) is 3.28. The molecule has 3 amide bonds. The SMILES string of the molecule is O=C1CCN(C(=O)C(Cc2ccccc2)NC(=O)c2ccoc2)CCCOCCN1. The minimum atomic E-state index is -0.760. The highest BCUT2D eigenvalue weighted by Gasteiger charge is 2.27. The molecule has 1 saturated heterocycles. The maximum absolute atomic E-state index is 13.4. The van der Waals surface area contributed by atoms with E-state index in [1.165, 1.54) is 12.5 Å². The molecular weight excluding hydrogens is 386 g/mol. The van der Waals surface area contributed by atoms with Gasteiger partial charge in [-0.05, 0) is 18.1 Å². The molecule has 30 heavy (non-hydrogen) atoms. The number of nitrogens with zero attached hydrogens (tertiary/aromatic N) is 1. The molecule has 0 spiro atoms. The van der Waals surface area contributed by atoms with Gasteiger partial charge < -0.3 is 24.7 Å². The standard InChI is InChI=1S/C22H27N3O5/c26-20-7-11-25(10-4-12-29-14-9-23-20)22(28)19(15-17-5-2-1-3-6-17)24-21(27)18-8-13-30-16-18/h1-3,5-6,8,13,16,19H,4,7,9-12,14-15H2,(H,23,26)(H,24,27). The van der Waals surface area contributed by atoms with Gasteiger partial charge in [-0.15, -0.1) is 0 Å². The van der Waals surface area contributed by atoms with Crippen LogP contribution in [0.5, 0.6) is 0 Å². The summed E-state index contributed by atoms with van der Waals surface area (Å²) < 4.78 is 10.5. The number of rotatable bonds is 5. The van der Waals surface area contributed by atoms with Crippen LogP contribution < -0.4 is 10.6 Å². The summed E-state index contributed by atoms with van der Waals surface area (Å²) in [7, 11) is 0. The van der Waals surface area contributed by atoms with E-state index in [0.29, 0.717) is 44.7 Å². The third-order valence-corrected chi connectivity index (χ3v) is 4.88. The van der Waals surface area contributed by atoms with E-state index in [4.69, 9.17) is 9.15 Å². The Bertz CT molecular complexity index is 823. The third-order valence-electron chi connectivity index (χ3n) is 4.88. The van der Waals surface area contributed by atoms with Gasteiger partial charge in [0.1, 0.15) is 12.3 Å². The Morgan fingerprint density at radius 3 is 2.73 bits per heavy atom. The lowest BCUT2D eigenvalue weighted by Crippen LogP contribution is -2.50. The molecule has 0 bridgehead atoms. The molecule has 1 aliphatic heterocycles. The van der Waals surface area contributed by atoms with Gasteiger partial charge >= 0.3 is 0 Å². The largest absolute Gasteiger partial charge is 0.472 e. The lowest BCUT2D eigenvalue weighted by molar-refractivity contribution is -0.134. The second-order valence-corrected chi connectivity index (χ2v) is 7.12. The molecule has 0 aliphatic carbocycles. The van der Waals surface area contributed by atoms with E-state index < -0.39 is 6.04 Å². The lowest BCUT2D eigenvalue weighted by Gasteiger charge is -2.28. The van der Waals surface area contributed by atoms with Gasteiger partial charge in [0.25, 0.3) is 5.91 Å². The van der Waals surface area contributed by atoms with Crippen LogP contribution in [0.4, 0.5) is 0 Å². The zero-order valence-corrected chi connectivity index (χ0v) is 16.8. The number of ether oxygens (including phenoxy) is 1. The first kappa shape index (κ1) is 21.6. The normalized spacial score (nSPS) is 16.8. The van der Waals surface area contributed by atoms with Crippen LogP contribution in [0.2, 0.25) is 0 Å². The van der Waals surface area contributed by atoms with Crippen LogP contribution in [0.15, 0.2) is 53.3 Å². The van der Waals surface area contributed by atoms with Crippen LogP contribution in [0.1, 0.15) is 28.8 Å². The summed E-state index contributed by atoms with van der Waals surface area (Å²) in [4.78, 5) is 39.6. The summed E-state index contributed by atoms with van der Waals surface area (Å²) in [6.45, 7) is 2.17. The molecule has 1 aromatic heterocycles. The monoisotopic (exact) mass is 413 g/mol. The number of nitrogens with one attached hydrogen (secondary N) is 2. The summed E-state index contributed by atoms with van der Waals surface area (Å²) >= 11 is 0. The molecule has 0 saturated carbocycles. The Labute approximate surface area is 175 Å². The van der Waals surface area contributed by atoms with Gasteiger partial charge in [-0.2, -0.15) is 0 Å². The van der Waals surface area contributed by atoms with Gasteiger partial charge in [0.2, 0.25) is 11.8 Å². The van der Waals surface area contributed by atoms with Crippen molar-refractivity contribution >= 4 is 17.7 Å². The van der Waals surface area contributed by atoms with Crippen LogP contribution in [-0.4, -0.2) is 61.5 Å². The van der Waals surface area contributed by atoms with Crippen molar-refractivity contribution in [3.8, 4) is 0 Å². The van der Waals surface area contributed by atoms with E-state index in [-0.39, 0.29) is 30.7 Å². The Balaban J connectivity index is 1.75. The molecule has 1 atom stereocenters. The molecule has 8 nitrogen and oxygen atoms in total. The Morgan fingerprint density at radius 1 is 1.13 bits per heavy atom. The Hall–Kier alpha value is -3.13. The van der Waals surface area contributed by atoms with Gasteiger partial charge in [0, 0.05) is 39.1 Å². The summed E-state index contributed by atoms with van der Waals surface area (Å²) in [5.41, 5.74) is 1.29. The predicted molar refractivity (Wildman–Crippen MR) is 110 cm³/mol. The molecule has 3 rings (SSSR count). The molecule has 160 valence electrons. The summed E-state index contributed by atoms with van der Waals surface area (Å²) in [5.74, 6) is -0.722. The fourth-order valence-corrected chi connectivity index (χ4v) is 3.28. The molecule has 2 N–H and O–H groups in total. The minimum Gasteiger partial charge on any atom is -0.472 e. The van der Waals surface area contributed by atoms with Crippen molar-refractivity contribution in [3.63, 3.8) is 0 Å². The highest BCUT2D eigenvalue weighted by Crippen LogP contribution is 2.10. The van der Waals surface area contributed by atoms with Crippen LogP contribution in [0, 0.1) is 0 Å². The maximum atomic E-state index is 13.4. The molecule has 0 radical (unpaired) electrons. The second kappa shape index (κ2) is 11.2. The number of carbonyl (C=O) groups excluding carboxylic acids is 3. The average molecular weight is 413 g/mol. The number of amides is 3. The van der Waals surface area contributed by atoms with Crippen molar-refractivity contribution in [2.75, 3.05) is 32.8 Å². The Morgan fingerprint density at radius 2 is 1.97 bits per heavy atom. The summed E-state index contributed by atoms with van der Waals surface area (Å²) in [5, 5.41) is 5.61. The van der Waals surface area contributed by atoms with E-state index in [9.17, 15) is 14.4 Å². The first-order chi connectivity index (χ1) is 14.6. The molecule has 1 aromatic carbocycles. The number of benzene rings is 1. The predicted octanol–water partition coefficient (Wildman–Crippen LogP) is 1.38. The first-order valence-electron chi connectivity index (χ1n) is 10.1. The highest BCUT2D eigenvalue weighted by atomic mass is 16.5. The molecule has 1 unspecified atom stereocenters. The highest BCUT2D eigenvalue weighted by molar-refractivity contribution is 5.97. The van der Waals surface area contributed by atoms with Gasteiger partial charge in [-0.3, -0.25) is 14.4 Å². The zero-order valence-electron chi connectivity index (χ0n) is 16.8. The van der Waals surface area contributed by atoms with Gasteiger partial charge in [0.15, 0.2) is 0 Å². The fraction of sp³-hybridized carbons (Fsp3) is 0.409. The molecule has 2 aromatic rings. The summed E-state index contributed by atoms with van der Waals surface area (Å²) in [6.07, 6.45) is 3.97. The smallest absolute Gasteiger partial charge is 0.255 e. The number of furan rings is 1. The minimum absolute atomic E-state index is 0.125. The van der Waals surface area contributed by atoms with Crippen molar-refractivity contribution in [2.45, 2.75) is 25.3 Å². The summed E-state index contributed by atoms with van der Waals surface area (Å²) in [6, 6.07) is 10.3. The number of hydrogen-bond acceptors (Lipinski definition) is 5. The topological polar surface area (TPSA) is 101 Å². The van der Waals surface area contributed by atoms with Crippen molar-refractivity contribution in [3.05, 3.63) is 60.1 Å². The molecule has 1 fully saturated rings. The van der Waals surface area contributed by atoms with Crippen molar-refractivity contribution in [1.82, 2.24) is 15.5 Å². The van der Waals surface area contributed by atoms with Crippen LogP contribution in [-0.2, 0) is 20.7 Å². The fourth-order valence-electron chi connectivity index (χ4n) is 3.28. The van der Waals surface area contributed by atoms with E-state index >= 15 is 0 Å². The van der Waals surface area contributed by atoms with Crippen LogP contribution in [0.3, 0.4) is 0 Å². The Kier molecular flexibility index (Phi) is 8.02. The van der Waals surface area contributed by atoms with Crippen LogP contribution >= 0.6 is 0 Å². The number of carbonyl (C=O) groups is 3. The van der Waals surface area contributed by atoms with E-state index in [1.807, 2.05) is 30.3 Å².